The van der Waals surface area contributed by atoms with Crippen molar-refractivity contribution in [1.82, 2.24) is 4.98 Å². The molecule has 0 atom stereocenters. The van der Waals surface area contributed by atoms with Crippen LogP contribution in [0.3, 0.4) is 0 Å². The van der Waals surface area contributed by atoms with Crippen LogP contribution in [0.5, 0.6) is 11.5 Å². The molecule has 0 aliphatic heterocycles. The molecule has 0 aliphatic carbocycles. The molecule has 0 fully saturated rings. The van der Waals surface area contributed by atoms with Gasteiger partial charge in [-0.25, -0.2) is 4.79 Å². The maximum atomic E-state index is 10.8. The second-order valence-electron chi connectivity index (χ2n) is 3.24. The molecule has 0 bridgehead atoms. The highest BCUT2D eigenvalue weighted by molar-refractivity contribution is 9.10. The van der Waals surface area contributed by atoms with E-state index in [9.17, 15) is 4.79 Å². The number of hydrogen-bond acceptors (Lipinski definition) is 3. The summed E-state index contributed by atoms with van der Waals surface area (Å²) < 4.78 is 6.26. The number of rotatable bonds is 3. The van der Waals surface area contributed by atoms with E-state index in [0.717, 1.165) is 0 Å². The Kier molecular flexibility index (Phi) is 3.39. The number of halogens is 1. The molecule has 86 valence electrons. The van der Waals surface area contributed by atoms with Gasteiger partial charge in [-0.3, -0.25) is 4.98 Å². The fraction of sp³-hybridized carbons (Fsp3) is 0. The molecule has 0 spiro atoms. The lowest BCUT2D eigenvalue weighted by atomic mass is 10.2. The molecule has 4 nitrogen and oxygen atoms in total. The van der Waals surface area contributed by atoms with Crippen molar-refractivity contribution in [2.45, 2.75) is 0 Å². The standard InChI is InChI=1S/C12H8BrNO3/c13-10-7-14-5-4-11(10)17-9-3-1-2-8(6-9)12(15)16/h1-7H,(H,15,16). The summed E-state index contributed by atoms with van der Waals surface area (Å²) in [6.07, 6.45) is 3.21. The Morgan fingerprint density at radius 1 is 1.35 bits per heavy atom. The molecule has 0 saturated heterocycles. The SMILES string of the molecule is O=C(O)c1cccc(Oc2ccncc2Br)c1. The average molecular weight is 294 g/mol. The van der Waals surface area contributed by atoms with Gasteiger partial charge in [0.05, 0.1) is 10.0 Å². The van der Waals surface area contributed by atoms with Gasteiger partial charge in [-0.2, -0.15) is 0 Å². The molecular weight excluding hydrogens is 286 g/mol. The molecule has 5 heteroatoms. The lowest BCUT2D eigenvalue weighted by molar-refractivity contribution is 0.0696. The first kappa shape index (κ1) is 11.6. The quantitative estimate of drug-likeness (QED) is 0.943. The summed E-state index contributed by atoms with van der Waals surface area (Å²) >= 11 is 3.30. The van der Waals surface area contributed by atoms with Crippen molar-refractivity contribution >= 4 is 21.9 Å². The minimum atomic E-state index is -0.982. The van der Waals surface area contributed by atoms with Gasteiger partial charge in [0, 0.05) is 18.5 Å². The number of benzene rings is 1. The molecule has 0 aliphatic rings. The summed E-state index contributed by atoms with van der Waals surface area (Å²) in [5.41, 5.74) is 0.188. The zero-order chi connectivity index (χ0) is 12.3. The molecule has 1 aromatic heterocycles. The number of aromatic carboxylic acids is 1. The Balaban J connectivity index is 2.28. The third kappa shape index (κ3) is 2.82. The molecule has 0 radical (unpaired) electrons. The van der Waals surface area contributed by atoms with Crippen LogP contribution in [-0.4, -0.2) is 16.1 Å². The van der Waals surface area contributed by atoms with Crippen LogP contribution in [0.4, 0.5) is 0 Å². The topological polar surface area (TPSA) is 59.4 Å². The van der Waals surface area contributed by atoms with E-state index in [1.54, 1.807) is 30.6 Å². The number of carbonyl (C=O) groups is 1. The van der Waals surface area contributed by atoms with E-state index in [-0.39, 0.29) is 5.56 Å². The number of pyridine rings is 1. The van der Waals surface area contributed by atoms with E-state index >= 15 is 0 Å². The monoisotopic (exact) mass is 293 g/mol. The minimum absolute atomic E-state index is 0.188. The molecular formula is C12H8BrNO3. The Bertz CT molecular complexity index is 557. The largest absolute Gasteiger partial charge is 0.478 e. The molecule has 2 aromatic rings. The molecule has 17 heavy (non-hydrogen) atoms. The van der Waals surface area contributed by atoms with Crippen molar-refractivity contribution in [3.8, 4) is 11.5 Å². The molecule has 1 aromatic carbocycles. The molecule has 0 amide bonds. The highest BCUT2D eigenvalue weighted by Crippen LogP contribution is 2.28. The number of hydrogen-bond donors (Lipinski definition) is 1. The van der Waals surface area contributed by atoms with Crippen LogP contribution in [0.15, 0.2) is 47.2 Å². The van der Waals surface area contributed by atoms with Gasteiger partial charge in [-0.15, -0.1) is 0 Å². The van der Waals surface area contributed by atoms with Crippen molar-refractivity contribution in [1.29, 1.82) is 0 Å². The van der Waals surface area contributed by atoms with Crippen molar-refractivity contribution in [2.24, 2.45) is 0 Å². The molecule has 1 heterocycles. The summed E-state index contributed by atoms with van der Waals surface area (Å²) in [6, 6.07) is 8.00. The second-order valence-corrected chi connectivity index (χ2v) is 4.10. The highest BCUT2D eigenvalue weighted by Gasteiger charge is 2.06. The Hall–Kier alpha value is -1.88. The van der Waals surface area contributed by atoms with Crippen LogP contribution in [0, 0.1) is 0 Å². The van der Waals surface area contributed by atoms with E-state index in [0.29, 0.717) is 16.0 Å². The average Bonchev–Trinajstić information content (AvgIpc) is 2.32. The lowest BCUT2D eigenvalue weighted by Crippen LogP contribution is -1.96. The number of nitrogens with zero attached hydrogens (tertiary/aromatic N) is 1. The van der Waals surface area contributed by atoms with Crippen LogP contribution in [0.25, 0.3) is 0 Å². The zero-order valence-corrected chi connectivity index (χ0v) is 10.2. The van der Waals surface area contributed by atoms with E-state index in [2.05, 4.69) is 20.9 Å². The van der Waals surface area contributed by atoms with E-state index in [1.807, 2.05) is 0 Å². The fourth-order valence-electron chi connectivity index (χ4n) is 1.26. The van der Waals surface area contributed by atoms with Crippen LogP contribution in [0.1, 0.15) is 10.4 Å². The van der Waals surface area contributed by atoms with Crippen LogP contribution < -0.4 is 4.74 Å². The minimum Gasteiger partial charge on any atom is -0.478 e. The van der Waals surface area contributed by atoms with E-state index in [4.69, 9.17) is 9.84 Å². The Morgan fingerprint density at radius 3 is 2.88 bits per heavy atom. The van der Waals surface area contributed by atoms with Gasteiger partial charge in [0.2, 0.25) is 0 Å². The van der Waals surface area contributed by atoms with Gasteiger partial charge in [0.25, 0.3) is 0 Å². The van der Waals surface area contributed by atoms with Crippen molar-refractivity contribution in [3.63, 3.8) is 0 Å². The van der Waals surface area contributed by atoms with Crippen LogP contribution in [-0.2, 0) is 0 Å². The number of ether oxygens (including phenoxy) is 1. The van der Waals surface area contributed by atoms with Crippen LogP contribution >= 0.6 is 15.9 Å². The summed E-state index contributed by atoms with van der Waals surface area (Å²) in [6.45, 7) is 0. The van der Waals surface area contributed by atoms with Gasteiger partial charge >= 0.3 is 5.97 Å². The summed E-state index contributed by atoms with van der Waals surface area (Å²) in [5.74, 6) is 0.0728. The van der Waals surface area contributed by atoms with E-state index in [1.165, 1.54) is 12.1 Å². The van der Waals surface area contributed by atoms with Gasteiger partial charge in [0.15, 0.2) is 0 Å². The van der Waals surface area contributed by atoms with E-state index < -0.39 is 5.97 Å². The van der Waals surface area contributed by atoms with Gasteiger partial charge < -0.3 is 9.84 Å². The van der Waals surface area contributed by atoms with Crippen LogP contribution in [0.2, 0.25) is 0 Å². The predicted molar refractivity (Wildman–Crippen MR) is 65.4 cm³/mol. The summed E-state index contributed by atoms with van der Waals surface area (Å²) in [7, 11) is 0. The first-order valence-electron chi connectivity index (χ1n) is 4.77. The first-order chi connectivity index (χ1) is 8.16. The fourth-order valence-corrected chi connectivity index (χ4v) is 1.60. The third-order valence-corrected chi connectivity index (χ3v) is 2.64. The maximum absolute atomic E-state index is 10.8. The molecule has 0 saturated carbocycles. The van der Waals surface area contributed by atoms with Crippen molar-refractivity contribution in [3.05, 3.63) is 52.8 Å². The maximum Gasteiger partial charge on any atom is 0.335 e. The Morgan fingerprint density at radius 2 is 2.18 bits per heavy atom. The predicted octanol–water partition coefficient (Wildman–Crippen LogP) is 3.33. The third-order valence-electron chi connectivity index (χ3n) is 2.04. The zero-order valence-electron chi connectivity index (χ0n) is 8.63. The molecule has 1 N–H and O–H groups in total. The molecule has 0 unspecified atom stereocenters. The smallest absolute Gasteiger partial charge is 0.335 e. The first-order valence-corrected chi connectivity index (χ1v) is 5.57. The summed E-state index contributed by atoms with van der Waals surface area (Å²) in [5, 5.41) is 8.86. The van der Waals surface area contributed by atoms with Gasteiger partial charge in [-0.1, -0.05) is 6.07 Å². The van der Waals surface area contributed by atoms with Gasteiger partial charge in [0.1, 0.15) is 11.5 Å². The highest BCUT2D eigenvalue weighted by atomic mass is 79.9. The number of carboxylic acid groups (broad SMARTS) is 1. The number of aromatic nitrogens is 1. The second kappa shape index (κ2) is 4.97. The Labute approximate surface area is 106 Å². The molecule has 2 rings (SSSR count). The number of carboxylic acids is 1. The normalized spacial score (nSPS) is 9.94. The van der Waals surface area contributed by atoms with Gasteiger partial charge in [-0.05, 0) is 34.1 Å². The van der Waals surface area contributed by atoms with Crippen molar-refractivity contribution in [2.75, 3.05) is 0 Å². The van der Waals surface area contributed by atoms with Crippen molar-refractivity contribution < 1.29 is 14.6 Å². The summed E-state index contributed by atoms with van der Waals surface area (Å²) in [4.78, 5) is 14.7. The lowest BCUT2D eigenvalue weighted by Gasteiger charge is -2.07.